The maximum Gasteiger partial charge on any atom is 0.248 e. The Labute approximate surface area is 141 Å². The second-order valence-electron chi connectivity index (χ2n) is 6.23. The number of piperidine rings is 1. The van der Waals surface area contributed by atoms with E-state index >= 15 is 0 Å². The highest BCUT2D eigenvalue weighted by Gasteiger charge is 2.25. The molecule has 0 saturated carbocycles. The number of hydrogen-bond donors (Lipinski definition) is 1. The van der Waals surface area contributed by atoms with Gasteiger partial charge in [-0.05, 0) is 26.7 Å². The molecule has 1 aliphatic heterocycles. The minimum absolute atomic E-state index is 0.0560. The van der Waals surface area contributed by atoms with Gasteiger partial charge in [-0.2, -0.15) is 5.10 Å². The molecule has 0 unspecified atom stereocenters. The van der Waals surface area contributed by atoms with Crippen molar-refractivity contribution in [1.29, 1.82) is 0 Å². The van der Waals surface area contributed by atoms with Gasteiger partial charge in [0.25, 0.3) is 0 Å². The summed E-state index contributed by atoms with van der Waals surface area (Å²) in [6, 6.07) is 0. The highest BCUT2D eigenvalue weighted by Crippen LogP contribution is 2.29. The third-order valence-corrected chi connectivity index (χ3v) is 4.57. The van der Waals surface area contributed by atoms with Gasteiger partial charge in [-0.25, -0.2) is 4.98 Å². The predicted molar refractivity (Wildman–Crippen MR) is 89.5 cm³/mol. The molecule has 0 atom stereocenters. The Morgan fingerprint density at radius 3 is 2.71 bits per heavy atom. The maximum absolute atomic E-state index is 11.9. The number of aryl methyl sites for hydroxylation is 2. The first-order valence-electron chi connectivity index (χ1n) is 8.20. The van der Waals surface area contributed by atoms with Gasteiger partial charge < -0.3 is 9.64 Å². The smallest absolute Gasteiger partial charge is 0.248 e. The third-order valence-electron chi connectivity index (χ3n) is 4.57. The second kappa shape index (κ2) is 7.09. The van der Waals surface area contributed by atoms with Gasteiger partial charge in [-0.1, -0.05) is 0 Å². The number of nitrogens with one attached hydrogen (secondary N) is 1. The van der Waals surface area contributed by atoms with Crippen LogP contribution in [0.5, 0.6) is 0 Å². The van der Waals surface area contributed by atoms with Crippen molar-refractivity contribution >= 4 is 5.91 Å². The van der Waals surface area contributed by atoms with E-state index in [2.05, 4.69) is 15.2 Å². The minimum Gasteiger partial charge on any atom is -0.375 e. The number of aromatic nitrogens is 4. The lowest BCUT2D eigenvalue weighted by Crippen LogP contribution is -2.39. The standard InChI is InChI=1S/C17H23N5O2/c1-11-17(12(2)21-20-11)15-9-18-8-14(19-15)13-4-6-22(7-5-13)16(23)10-24-3/h8-9,13H,4-7,10H2,1-3H3,(H,20,21). The van der Waals surface area contributed by atoms with Crippen molar-refractivity contribution in [2.75, 3.05) is 26.8 Å². The molecule has 1 fully saturated rings. The Hall–Kier alpha value is -2.28. The van der Waals surface area contributed by atoms with E-state index in [-0.39, 0.29) is 12.5 Å². The van der Waals surface area contributed by atoms with E-state index in [4.69, 9.17) is 9.72 Å². The van der Waals surface area contributed by atoms with E-state index in [1.54, 1.807) is 13.3 Å². The van der Waals surface area contributed by atoms with Crippen LogP contribution in [0.2, 0.25) is 0 Å². The van der Waals surface area contributed by atoms with Crippen molar-refractivity contribution in [2.24, 2.45) is 0 Å². The van der Waals surface area contributed by atoms with E-state index in [0.717, 1.165) is 54.3 Å². The van der Waals surface area contributed by atoms with E-state index in [0.29, 0.717) is 5.92 Å². The van der Waals surface area contributed by atoms with Crippen LogP contribution in [0.3, 0.4) is 0 Å². The molecule has 0 aromatic carbocycles. The van der Waals surface area contributed by atoms with Crippen molar-refractivity contribution in [3.05, 3.63) is 29.5 Å². The van der Waals surface area contributed by atoms with E-state index < -0.39 is 0 Å². The average Bonchev–Trinajstić information content (AvgIpc) is 2.94. The van der Waals surface area contributed by atoms with Gasteiger partial charge in [-0.3, -0.25) is 14.9 Å². The molecule has 1 aliphatic rings. The summed E-state index contributed by atoms with van der Waals surface area (Å²) in [6.07, 6.45) is 5.42. The van der Waals surface area contributed by atoms with Gasteiger partial charge in [0.05, 0.1) is 23.3 Å². The number of rotatable bonds is 4. The van der Waals surface area contributed by atoms with Crippen LogP contribution in [0.4, 0.5) is 0 Å². The number of likely N-dealkylation sites (tertiary alicyclic amines) is 1. The van der Waals surface area contributed by atoms with Crippen LogP contribution in [0.1, 0.15) is 35.8 Å². The lowest BCUT2D eigenvalue weighted by molar-refractivity contribution is -0.136. The number of aromatic amines is 1. The number of hydrogen-bond acceptors (Lipinski definition) is 5. The molecule has 0 bridgehead atoms. The van der Waals surface area contributed by atoms with Gasteiger partial charge in [0.1, 0.15) is 6.61 Å². The van der Waals surface area contributed by atoms with Gasteiger partial charge >= 0.3 is 0 Å². The Morgan fingerprint density at radius 2 is 2.08 bits per heavy atom. The summed E-state index contributed by atoms with van der Waals surface area (Å²) in [5.41, 5.74) is 4.80. The van der Waals surface area contributed by atoms with Crippen LogP contribution in [0.15, 0.2) is 12.4 Å². The topological polar surface area (TPSA) is 84.0 Å². The van der Waals surface area contributed by atoms with Gasteiger partial charge in [0, 0.05) is 43.6 Å². The fraction of sp³-hybridized carbons (Fsp3) is 0.529. The zero-order valence-electron chi connectivity index (χ0n) is 14.4. The molecule has 1 N–H and O–H groups in total. The number of amides is 1. The molecule has 1 amide bonds. The Morgan fingerprint density at radius 1 is 1.33 bits per heavy atom. The first-order valence-corrected chi connectivity index (χ1v) is 8.20. The maximum atomic E-state index is 11.9. The largest absolute Gasteiger partial charge is 0.375 e. The van der Waals surface area contributed by atoms with E-state index in [1.807, 2.05) is 24.9 Å². The second-order valence-corrected chi connectivity index (χ2v) is 6.23. The van der Waals surface area contributed by atoms with Crippen molar-refractivity contribution in [2.45, 2.75) is 32.6 Å². The molecule has 2 aromatic heterocycles. The molecule has 128 valence electrons. The summed E-state index contributed by atoms with van der Waals surface area (Å²) in [4.78, 5) is 22.9. The molecule has 24 heavy (non-hydrogen) atoms. The summed E-state index contributed by atoms with van der Waals surface area (Å²) in [5.74, 6) is 0.386. The normalized spacial score (nSPS) is 15.7. The summed E-state index contributed by atoms with van der Waals surface area (Å²) in [5, 5.41) is 7.22. The van der Waals surface area contributed by atoms with E-state index in [1.165, 1.54) is 0 Å². The molecule has 3 rings (SSSR count). The number of carbonyl (C=O) groups is 1. The zero-order chi connectivity index (χ0) is 17.1. The monoisotopic (exact) mass is 329 g/mol. The van der Waals surface area contributed by atoms with Crippen LogP contribution >= 0.6 is 0 Å². The molecule has 1 saturated heterocycles. The molecular formula is C17H23N5O2. The number of ether oxygens (including phenoxy) is 1. The summed E-state index contributed by atoms with van der Waals surface area (Å²) in [7, 11) is 1.55. The number of nitrogens with zero attached hydrogens (tertiary/aromatic N) is 4. The van der Waals surface area contributed by atoms with Crippen LogP contribution in [-0.2, 0) is 9.53 Å². The summed E-state index contributed by atoms with van der Waals surface area (Å²) >= 11 is 0. The lowest BCUT2D eigenvalue weighted by Gasteiger charge is -2.31. The molecule has 0 aliphatic carbocycles. The van der Waals surface area contributed by atoms with Crippen molar-refractivity contribution in [1.82, 2.24) is 25.1 Å². The Balaban J connectivity index is 1.73. The fourth-order valence-electron chi connectivity index (χ4n) is 3.27. The Bertz CT molecular complexity index is 700. The Kier molecular flexibility index (Phi) is 4.89. The summed E-state index contributed by atoms with van der Waals surface area (Å²) < 4.78 is 4.93. The molecule has 3 heterocycles. The first-order chi connectivity index (χ1) is 11.6. The highest BCUT2D eigenvalue weighted by molar-refractivity contribution is 5.77. The molecule has 2 aromatic rings. The number of carbonyl (C=O) groups excluding carboxylic acids is 1. The average molecular weight is 329 g/mol. The van der Waals surface area contributed by atoms with Crippen molar-refractivity contribution < 1.29 is 9.53 Å². The SMILES string of the molecule is COCC(=O)N1CCC(c2cncc(-c3c(C)n[nH]c3C)n2)CC1. The van der Waals surface area contributed by atoms with Crippen LogP contribution < -0.4 is 0 Å². The predicted octanol–water partition coefficient (Wildman–Crippen LogP) is 1.84. The van der Waals surface area contributed by atoms with Crippen molar-refractivity contribution in [3.8, 4) is 11.3 Å². The molecular weight excluding hydrogens is 306 g/mol. The van der Waals surface area contributed by atoms with E-state index in [9.17, 15) is 4.79 Å². The van der Waals surface area contributed by atoms with Gasteiger partial charge in [-0.15, -0.1) is 0 Å². The van der Waals surface area contributed by atoms with Gasteiger partial charge in [0.15, 0.2) is 0 Å². The molecule has 7 heteroatoms. The van der Waals surface area contributed by atoms with Crippen LogP contribution in [0.25, 0.3) is 11.3 Å². The zero-order valence-corrected chi connectivity index (χ0v) is 14.4. The molecule has 7 nitrogen and oxygen atoms in total. The lowest BCUT2D eigenvalue weighted by atomic mass is 9.93. The van der Waals surface area contributed by atoms with Crippen molar-refractivity contribution in [3.63, 3.8) is 0 Å². The first kappa shape index (κ1) is 16.6. The quantitative estimate of drug-likeness (QED) is 0.925. The van der Waals surface area contributed by atoms with Gasteiger partial charge in [0.2, 0.25) is 5.91 Å². The third kappa shape index (κ3) is 3.31. The number of methoxy groups -OCH3 is 1. The van der Waals surface area contributed by atoms with Crippen LogP contribution in [0, 0.1) is 13.8 Å². The van der Waals surface area contributed by atoms with Crippen LogP contribution in [-0.4, -0.2) is 57.8 Å². The fourth-order valence-corrected chi connectivity index (χ4v) is 3.27. The number of H-pyrrole nitrogens is 1. The minimum atomic E-state index is 0.0560. The summed E-state index contributed by atoms with van der Waals surface area (Å²) in [6.45, 7) is 5.58. The molecule has 0 spiro atoms. The highest BCUT2D eigenvalue weighted by atomic mass is 16.5. The molecule has 0 radical (unpaired) electrons.